The standard InChI is InChI=1S/C16H13NO2/c1-17-15(18)13-10-6-5-9-12(13)14(16(17)19)11-7-3-2-4-8-11/h2-10,14H,1H3. The summed E-state index contributed by atoms with van der Waals surface area (Å²) in [6.07, 6.45) is 0. The first kappa shape index (κ1) is 11.7. The summed E-state index contributed by atoms with van der Waals surface area (Å²) in [4.78, 5) is 25.7. The number of benzene rings is 2. The van der Waals surface area contributed by atoms with Gasteiger partial charge in [0.2, 0.25) is 5.91 Å². The number of hydrogen-bond donors (Lipinski definition) is 0. The Morgan fingerprint density at radius 1 is 0.895 bits per heavy atom. The van der Waals surface area contributed by atoms with Crippen LogP contribution in [0.5, 0.6) is 0 Å². The van der Waals surface area contributed by atoms with Crippen LogP contribution in [0.15, 0.2) is 54.6 Å². The highest BCUT2D eigenvalue weighted by atomic mass is 16.2. The van der Waals surface area contributed by atoms with E-state index in [0.717, 1.165) is 11.1 Å². The van der Waals surface area contributed by atoms with Gasteiger partial charge in [0.05, 0.1) is 5.92 Å². The summed E-state index contributed by atoms with van der Waals surface area (Å²) in [5.74, 6) is -0.789. The molecule has 19 heavy (non-hydrogen) atoms. The molecule has 3 nitrogen and oxygen atoms in total. The van der Waals surface area contributed by atoms with E-state index in [4.69, 9.17) is 0 Å². The second kappa shape index (κ2) is 4.35. The van der Waals surface area contributed by atoms with Gasteiger partial charge in [0.15, 0.2) is 0 Å². The number of rotatable bonds is 1. The zero-order chi connectivity index (χ0) is 13.4. The van der Waals surface area contributed by atoms with Gasteiger partial charge in [-0.25, -0.2) is 0 Å². The number of carbonyl (C=O) groups is 2. The quantitative estimate of drug-likeness (QED) is 0.730. The molecule has 94 valence electrons. The van der Waals surface area contributed by atoms with E-state index >= 15 is 0 Å². The molecule has 0 aliphatic carbocycles. The van der Waals surface area contributed by atoms with Gasteiger partial charge < -0.3 is 0 Å². The molecule has 0 fully saturated rings. The minimum Gasteiger partial charge on any atom is -0.281 e. The van der Waals surface area contributed by atoms with Gasteiger partial charge in [-0.3, -0.25) is 14.5 Å². The monoisotopic (exact) mass is 251 g/mol. The van der Waals surface area contributed by atoms with Crippen LogP contribution in [0.3, 0.4) is 0 Å². The fourth-order valence-corrected chi connectivity index (χ4v) is 2.52. The normalized spacial score (nSPS) is 18.4. The van der Waals surface area contributed by atoms with Crippen molar-refractivity contribution < 1.29 is 9.59 Å². The van der Waals surface area contributed by atoms with Crippen molar-refractivity contribution in [3.8, 4) is 0 Å². The van der Waals surface area contributed by atoms with Gasteiger partial charge in [0.1, 0.15) is 0 Å². The lowest BCUT2D eigenvalue weighted by Gasteiger charge is -2.30. The van der Waals surface area contributed by atoms with E-state index in [1.807, 2.05) is 48.5 Å². The Bertz CT molecular complexity index is 649. The topological polar surface area (TPSA) is 37.4 Å². The molecule has 3 heteroatoms. The summed E-state index contributed by atoms with van der Waals surface area (Å²) in [5.41, 5.74) is 2.32. The fourth-order valence-electron chi connectivity index (χ4n) is 2.52. The van der Waals surface area contributed by atoms with Crippen LogP contribution >= 0.6 is 0 Å². The van der Waals surface area contributed by atoms with Crippen LogP contribution in [0, 0.1) is 0 Å². The van der Waals surface area contributed by atoms with E-state index in [2.05, 4.69) is 0 Å². The molecule has 0 spiro atoms. The average Bonchev–Trinajstić information content (AvgIpc) is 2.46. The molecule has 1 heterocycles. The van der Waals surface area contributed by atoms with Crippen LogP contribution in [0.2, 0.25) is 0 Å². The first-order valence-corrected chi connectivity index (χ1v) is 6.16. The van der Waals surface area contributed by atoms with Crippen molar-refractivity contribution in [2.75, 3.05) is 7.05 Å². The van der Waals surface area contributed by atoms with Crippen LogP contribution in [0.25, 0.3) is 0 Å². The maximum Gasteiger partial charge on any atom is 0.260 e. The fraction of sp³-hybridized carbons (Fsp3) is 0.125. The number of nitrogens with zero attached hydrogens (tertiary/aromatic N) is 1. The molecular weight excluding hydrogens is 238 g/mol. The number of carbonyl (C=O) groups excluding carboxylic acids is 2. The lowest BCUT2D eigenvalue weighted by atomic mass is 9.84. The Kier molecular flexibility index (Phi) is 2.67. The average molecular weight is 251 g/mol. The molecule has 0 N–H and O–H groups in total. The molecule has 3 rings (SSSR count). The van der Waals surface area contributed by atoms with Crippen LogP contribution in [-0.2, 0) is 4.79 Å². The zero-order valence-electron chi connectivity index (χ0n) is 10.5. The van der Waals surface area contributed by atoms with Gasteiger partial charge in [-0.1, -0.05) is 48.5 Å². The number of likely N-dealkylation sites (N-methyl/N-ethyl adjacent to an activating group) is 1. The first-order chi connectivity index (χ1) is 9.20. The van der Waals surface area contributed by atoms with Crippen LogP contribution in [0.1, 0.15) is 27.4 Å². The lowest BCUT2D eigenvalue weighted by Crippen LogP contribution is -2.42. The van der Waals surface area contributed by atoms with Gasteiger partial charge in [-0.05, 0) is 17.2 Å². The molecule has 2 aromatic carbocycles. The van der Waals surface area contributed by atoms with Crippen molar-refractivity contribution in [2.45, 2.75) is 5.92 Å². The van der Waals surface area contributed by atoms with Gasteiger partial charge in [-0.15, -0.1) is 0 Å². The molecule has 1 aliphatic heterocycles. The maximum atomic E-state index is 12.4. The molecule has 0 aromatic heterocycles. The van der Waals surface area contributed by atoms with E-state index in [1.165, 1.54) is 11.9 Å². The molecule has 0 bridgehead atoms. The summed E-state index contributed by atoms with van der Waals surface area (Å²) in [7, 11) is 1.54. The van der Waals surface area contributed by atoms with E-state index < -0.39 is 0 Å². The predicted octanol–water partition coefficient (Wildman–Crippen LogP) is 2.43. The molecule has 1 atom stereocenters. The first-order valence-electron chi connectivity index (χ1n) is 6.16. The summed E-state index contributed by atoms with van der Waals surface area (Å²) < 4.78 is 0. The van der Waals surface area contributed by atoms with E-state index in [0.29, 0.717) is 5.56 Å². The molecule has 1 aliphatic rings. The smallest absolute Gasteiger partial charge is 0.260 e. The second-order valence-electron chi connectivity index (χ2n) is 4.63. The maximum absolute atomic E-state index is 12.4. The number of amides is 2. The third-order valence-electron chi connectivity index (χ3n) is 3.52. The van der Waals surface area contributed by atoms with E-state index in [9.17, 15) is 9.59 Å². The molecule has 0 radical (unpaired) electrons. The summed E-state index contributed by atoms with van der Waals surface area (Å²) in [6.45, 7) is 0. The van der Waals surface area contributed by atoms with Gasteiger partial charge in [-0.2, -0.15) is 0 Å². The zero-order valence-corrected chi connectivity index (χ0v) is 10.5. The Hall–Kier alpha value is -2.42. The lowest BCUT2D eigenvalue weighted by molar-refractivity contribution is -0.128. The van der Waals surface area contributed by atoms with Crippen LogP contribution in [-0.4, -0.2) is 23.8 Å². The minimum atomic E-state index is -0.389. The molecule has 2 aromatic rings. The molecular formula is C16H13NO2. The predicted molar refractivity (Wildman–Crippen MR) is 71.8 cm³/mol. The largest absolute Gasteiger partial charge is 0.281 e. The summed E-state index contributed by atoms with van der Waals surface area (Å²) in [6, 6.07) is 16.9. The summed E-state index contributed by atoms with van der Waals surface area (Å²) >= 11 is 0. The van der Waals surface area contributed by atoms with Crippen molar-refractivity contribution in [2.24, 2.45) is 0 Å². The van der Waals surface area contributed by atoms with Crippen molar-refractivity contribution in [1.82, 2.24) is 4.90 Å². The molecule has 0 saturated carbocycles. The van der Waals surface area contributed by atoms with Crippen molar-refractivity contribution in [3.05, 3.63) is 71.3 Å². The van der Waals surface area contributed by atoms with Crippen LogP contribution in [0.4, 0.5) is 0 Å². The third-order valence-corrected chi connectivity index (χ3v) is 3.52. The number of imide groups is 1. The number of hydrogen-bond acceptors (Lipinski definition) is 2. The minimum absolute atomic E-state index is 0.171. The van der Waals surface area contributed by atoms with Gasteiger partial charge in [0.25, 0.3) is 5.91 Å². The highest BCUT2D eigenvalue weighted by molar-refractivity contribution is 6.12. The van der Waals surface area contributed by atoms with E-state index in [-0.39, 0.29) is 17.7 Å². The van der Waals surface area contributed by atoms with Gasteiger partial charge in [0, 0.05) is 12.6 Å². The Morgan fingerprint density at radius 2 is 1.53 bits per heavy atom. The summed E-state index contributed by atoms with van der Waals surface area (Å²) in [5, 5.41) is 0. The van der Waals surface area contributed by atoms with E-state index in [1.54, 1.807) is 6.07 Å². The van der Waals surface area contributed by atoms with Crippen molar-refractivity contribution in [1.29, 1.82) is 0 Å². The third kappa shape index (κ3) is 1.74. The molecule has 1 unspecified atom stereocenters. The van der Waals surface area contributed by atoms with Gasteiger partial charge >= 0.3 is 0 Å². The van der Waals surface area contributed by atoms with Crippen molar-refractivity contribution >= 4 is 11.8 Å². The Morgan fingerprint density at radius 3 is 2.26 bits per heavy atom. The molecule has 0 saturated heterocycles. The molecule has 2 amide bonds. The Labute approximate surface area is 111 Å². The second-order valence-corrected chi connectivity index (χ2v) is 4.63. The number of fused-ring (bicyclic) bond motifs is 1. The highest BCUT2D eigenvalue weighted by Gasteiger charge is 2.37. The van der Waals surface area contributed by atoms with Crippen LogP contribution < -0.4 is 0 Å². The SMILES string of the molecule is CN1C(=O)c2ccccc2C(c2ccccc2)C1=O. The highest BCUT2D eigenvalue weighted by Crippen LogP contribution is 2.33. The Balaban J connectivity index is 2.22. The van der Waals surface area contributed by atoms with Crippen molar-refractivity contribution in [3.63, 3.8) is 0 Å².